The van der Waals surface area contributed by atoms with Gasteiger partial charge >= 0.3 is 0 Å². The van der Waals surface area contributed by atoms with Gasteiger partial charge in [-0.05, 0) is 42.2 Å². The Labute approximate surface area is 197 Å². The fraction of sp³-hybridized carbons (Fsp3) is 0.308. The lowest BCUT2D eigenvalue weighted by molar-refractivity contribution is -0.121. The van der Waals surface area contributed by atoms with Gasteiger partial charge < -0.3 is 14.8 Å². The molecule has 4 rings (SSSR count). The van der Waals surface area contributed by atoms with Crippen LogP contribution in [0, 0.1) is 0 Å². The van der Waals surface area contributed by atoms with Gasteiger partial charge in [0.2, 0.25) is 0 Å². The van der Waals surface area contributed by atoms with Crippen LogP contribution in [-0.2, 0) is 24.7 Å². The van der Waals surface area contributed by atoms with E-state index in [1.54, 1.807) is 11.7 Å². The number of nitrogens with one attached hydrogen (secondary N) is 1. The first-order valence-electron chi connectivity index (χ1n) is 11.4. The highest BCUT2D eigenvalue weighted by Gasteiger charge is 2.18. The number of ether oxygens (including phenoxy) is 1. The minimum Gasteiger partial charge on any atom is -0.493 e. The normalized spacial score (nSPS) is 11.2. The third-order valence-electron chi connectivity index (χ3n) is 5.65. The summed E-state index contributed by atoms with van der Waals surface area (Å²) >= 11 is 0. The van der Waals surface area contributed by atoms with Gasteiger partial charge in [0.05, 0.1) is 17.9 Å². The molecular formula is C26H28N4O4. The van der Waals surface area contributed by atoms with Crippen LogP contribution in [0.4, 0.5) is 0 Å². The first-order valence-corrected chi connectivity index (χ1v) is 11.4. The molecule has 0 saturated carbocycles. The Kier molecular flexibility index (Phi) is 6.88. The van der Waals surface area contributed by atoms with E-state index in [0.29, 0.717) is 34.8 Å². The number of aliphatic hydroxyl groups excluding tert-OH is 1. The maximum Gasteiger partial charge on any atom is 0.277 e. The standard InChI is InChI=1S/C26H28N4O4/c1-4-6-21-23-24(30(3)29-21)26(33)28-25(27-23)20-14-18(11-12-22(20)34-5-2)17-9-7-16(8-10-17)13-19(32)15-31/h7-12,14,31H,4-6,13,15H2,1-3H3,(H,27,28,33). The van der Waals surface area contributed by atoms with Crippen LogP contribution in [0.15, 0.2) is 47.3 Å². The maximum absolute atomic E-state index is 12.9. The lowest BCUT2D eigenvalue weighted by Gasteiger charge is -2.12. The van der Waals surface area contributed by atoms with Crippen LogP contribution in [0.3, 0.4) is 0 Å². The fourth-order valence-electron chi connectivity index (χ4n) is 4.05. The van der Waals surface area contributed by atoms with Crippen molar-refractivity contribution >= 4 is 16.8 Å². The number of hydrogen-bond acceptors (Lipinski definition) is 6. The zero-order valence-electron chi connectivity index (χ0n) is 19.6. The predicted octanol–water partition coefficient (Wildman–Crippen LogP) is 3.45. The molecule has 4 aromatic rings. The van der Waals surface area contributed by atoms with Gasteiger partial charge in [-0.15, -0.1) is 0 Å². The molecule has 176 valence electrons. The largest absolute Gasteiger partial charge is 0.493 e. The molecule has 2 N–H and O–H groups in total. The first kappa shape index (κ1) is 23.4. The molecule has 0 aliphatic carbocycles. The smallest absolute Gasteiger partial charge is 0.277 e. The summed E-state index contributed by atoms with van der Waals surface area (Å²) in [5, 5.41) is 13.5. The number of ketones is 1. The predicted molar refractivity (Wildman–Crippen MR) is 131 cm³/mol. The van der Waals surface area contributed by atoms with E-state index in [9.17, 15) is 9.59 Å². The number of aromatic amines is 1. The number of aryl methyl sites for hydroxylation is 2. The quantitative estimate of drug-likeness (QED) is 0.396. The molecule has 0 amide bonds. The zero-order chi connectivity index (χ0) is 24.2. The summed E-state index contributed by atoms with van der Waals surface area (Å²) in [6, 6.07) is 13.4. The lowest BCUT2D eigenvalue weighted by Crippen LogP contribution is -2.12. The number of carbonyl (C=O) groups excluding carboxylic acids is 1. The highest BCUT2D eigenvalue weighted by molar-refractivity contribution is 5.83. The van der Waals surface area contributed by atoms with Gasteiger partial charge in [0.1, 0.15) is 23.7 Å². The number of Topliss-reactive ketones (excluding diaryl/α,β-unsaturated/α-hetero) is 1. The third-order valence-corrected chi connectivity index (χ3v) is 5.65. The van der Waals surface area contributed by atoms with Gasteiger partial charge in [0.25, 0.3) is 5.56 Å². The molecule has 8 nitrogen and oxygen atoms in total. The second-order valence-electron chi connectivity index (χ2n) is 8.15. The number of H-pyrrole nitrogens is 1. The number of aromatic nitrogens is 4. The van der Waals surface area contributed by atoms with Crippen molar-refractivity contribution < 1.29 is 14.6 Å². The molecule has 34 heavy (non-hydrogen) atoms. The molecule has 0 aliphatic heterocycles. The Morgan fingerprint density at radius 3 is 2.53 bits per heavy atom. The topological polar surface area (TPSA) is 110 Å². The summed E-state index contributed by atoms with van der Waals surface area (Å²) in [6.07, 6.45) is 1.83. The monoisotopic (exact) mass is 460 g/mol. The Morgan fingerprint density at radius 1 is 1.12 bits per heavy atom. The number of carbonyl (C=O) groups is 1. The zero-order valence-corrected chi connectivity index (χ0v) is 19.6. The molecule has 0 atom stereocenters. The van der Waals surface area contributed by atoms with E-state index >= 15 is 0 Å². The van der Waals surface area contributed by atoms with Gasteiger partial charge in [-0.2, -0.15) is 5.10 Å². The van der Waals surface area contributed by atoms with E-state index in [0.717, 1.165) is 35.2 Å². The summed E-state index contributed by atoms with van der Waals surface area (Å²) < 4.78 is 7.43. The Bertz CT molecular complexity index is 1390. The molecular weight excluding hydrogens is 432 g/mol. The van der Waals surface area contributed by atoms with E-state index in [2.05, 4.69) is 17.0 Å². The number of aliphatic hydroxyl groups is 1. The number of hydrogen-bond donors (Lipinski definition) is 2. The van der Waals surface area contributed by atoms with Crippen molar-refractivity contribution in [3.8, 4) is 28.3 Å². The number of nitrogens with zero attached hydrogens (tertiary/aromatic N) is 3. The van der Waals surface area contributed by atoms with E-state index in [1.165, 1.54) is 0 Å². The van der Waals surface area contributed by atoms with Crippen LogP contribution >= 0.6 is 0 Å². The molecule has 0 fully saturated rings. The van der Waals surface area contributed by atoms with Crippen LogP contribution in [-0.4, -0.2) is 43.9 Å². The van der Waals surface area contributed by atoms with Crippen LogP contribution in [0.5, 0.6) is 5.75 Å². The van der Waals surface area contributed by atoms with Crippen molar-refractivity contribution in [2.45, 2.75) is 33.1 Å². The molecule has 2 aromatic heterocycles. The van der Waals surface area contributed by atoms with Crippen molar-refractivity contribution in [1.29, 1.82) is 0 Å². The van der Waals surface area contributed by atoms with Gasteiger partial charge in [0.15, 0.2) is 11.3 Å². The highest BCUT2D eigenvalue weighted by Crippen LogP contribution is 2.33. The SMILES string of the molecule is CCCc1nn(C)c2c(=O)[nH]c(-c3cc(-c4ccc(CC(=O)CO)cc4)ccc3OCC)nc12. The molecule has 0 radical (unpaired) electrons. The summed E-state index contributed by atoms with van der Waals surface area (Å²) in [5.74, 6) is 0.831. The minimum absolute atomic E-state index is 0.196. The molecule has 0 aliphatic rings. The van der Waals surface area contributed by atoms with Crippen molar-refractivity contribution in [3.63, 3.8) is 0 Å². The van der Waals surface area contributed by atoms with Crippen LogP contribution in [0.25, 0.3) is 33.5 Å². The molecule has 0 spiro atoms. The molecule has 0 unspecified atom stereocenters. The highest BCUT2D eigenvalue weighted by atomic mass is 16.5. The van der Waals surface area contributed by atoms with E-state index in [-0.39, 0.29) is 17.8 Å². The van der Waals surface area contributed by atoms with Gasteiger partial charge in [-0.1, -0.05) is 43.7 Å². The molecule has 2 aromatic carbocycles. The van der Waals surface area contributed by atoms with E-state index < -0.39 is 6.61 Å². The van der Waals surface area contributed by atoms with Crippen molar-refractivity contribution in [2.75, 3.05) is 13.2 Å². The molecule has 8 heteroatoms. The first-order chi connectivity index (χ1) is 16.4. The summed E-state index contributed by atoms with van der Waals surface area (Å²) in [4.78, 5) is 32.2. The third kappa shape index (κ3) is 4.63. The average molecular weight is 461 g/mol. The van der Waals surface area contributed by atoms with Gasteiger partial charge in [-0.25, -0.2) is 4.98 Å². The van der Waals surface area contributed by atoms with Crippen LogP contribution in [0.2, 0.25) is 0 Å². The Balaban J connectivity index is 1.81. The summed E-state index contributed by atoms with van der Waals surface area (Å²) in [5.41, 5.74) is 5.00. The average Bonchev–Trinajstić information content (AvgIpc) is 3.15. The second kappa shape index (κ2) is 10.0. The second-order valence-corrected chi connectivity index (χ2v) is 8.15. The van der Waals surface area contributed by atoms with E-state index in [4.69, 9.17) is 14.8 Å². The lowest BCUT2D eigenvalue weighted by atomic mass is 9.99. The van der Waals surface area contributed by atoms with Crippen molar-refractivity contribution in [3.05, 3.63) is 64.1 Å². The minimum atomic E-state index is -0.462. The van der Waals surface area contributed by atoms with Crippen LogP contribution in [0.1, 0.15) is 31.5 Å². The van der Waals surface area contributed by atoms with Crippen LogP contribution < -0.4 is 10.3 Å². The Morgan fingerprint density at radius 2 is 1.85 bits per heavy atom. The number of benzene rings is 2. The maximum atomic E-state index is 12.9. The van der Waals surface area contributed by atoms with Crippen molar-refractivity contribution in [1.82, 2.24) is 19.7 Å². The molecule has 0 saturated heterocycles. The van der Waals surface area contributed by atoms with Crippen molar-refractivity contribution in [2.24, 2.45) is 7.05 Å². The van der Waals surface area contributed by atoms with Gasteiger partial charge in [0, 0.05) is 13.5 Å². The summed E-state index contributed by atoms with van der Waals surface area (Å²) in [7, 11) is 1.75. The van der Waals surface area contributed by atoms with Gasteiger partial charge in [-0.3, -0.25) is 14.3 Å². The molecule has 0 bridgehead atoms. The fourth-order valence-corrected chi connectivity index (χ4v) is 4.05. The Hall–Kier alpha value is -3.78. The molecule has 2 heterocycles. The number of rotatable bonds is 9. The number of fused-ring (bicyclic) bond motifs is 1. The summed E-state index contributed by atoms with van der Waals surface area (Å²) in [6.45, 7) is 3.98. The van der Waals surface area contributed by atoms with E-state index in [1.807, 2.05) is 49.4 Å².